The summed E-state index contributed by atoms with van der Waals surface area (Å²) in [6, 6.07) is 11.0. The van der Waals surface area contributed by atoms with Crippen molar-refractivity contribution in [3.63, 3.8) is 0 Å². The van der Waals surface area contributed by atoms with Crippen LogP contribution in [0.2, 0.25) is 0 Å². The lowest BCUT2D eigenvalue weighted by atomic mass is 10.1. The third-order valence-corrected chi connectivity index (χ3v) is 4.62. The van der Waals surface area contributed by atoms with Crippen LogP contribution in [0.25, 0.3) is 6.08 Å². The Hall–Kier alpha value is -1.94. The first-order chi connectivity index (χ1) is 11.6. The minimum Gasteiger partial charge on any atom is -0.289 e. The lowest BCUT2D eigenvalue weighted by molar-refractivity contribution is 0.104. The number of thioether (sulfide) groups is 1. The van der Waals surface area contributed by atoms with E-state index < -0.39 is 11.6 Å². The van der Waals surface area contributed by atoms with Crippen LogP contribution < -0.4 is 0 Å². The highest BCUT2D eigenvalue weighted by Crippen LogP contribution is 2.20. The van der Waals surface area contributed by atoms with Gasteiger partial charge < -0.3 is 0 Å². The van der Waals surface area contributed by atoms with Gasteiger partial charge >= 0.3 is 0 Å². The molecule has 4 heteroatoms. The fourth-order valence-electron chi connectivity index (χ4n) is 2.14. The van der Waals surface area contributed by atoms with E-state index in [0.29, 0.717) is 11.1 Å². The predicted octanol–water partition coefficient (Wildman–Crippen LogP) is 6.14. The van der Waals surface area contributed by atoms with Gasteiger partial charge in [-0.25, -0.2) is 8.78 Å². The molecule has 1 nitrogen and oxygen atoms in total. The number of halogens is 2. The van der Waals surface area contributed by atoms with E-state index in [-0.39, 0.29) is 5.78 Å². The molecule has 0 fully saturated rings. The van der Waals surface area contributed by atoms with Crippen LogP contribution in [0.4, 0.5) is 8.78 Å². The Bertz CT molecular complexity index is 708. The Kier molecular flexibility index (Phi) is 7.19. The molecule has 2 aromatic carbocycles. The first kappa shape index (κ1) is 18.4. The Balaban J connectivity index is 1.94. The SMILES string of the molecule is CCCCCSc1ccc(C(=O)C=Cc2ccc(F)c(F)c2)cc1. The van der Waals surface area contributed by atoms with Crippen molar-refractivity contribution in [3.8, 4) is 0 Å². The van der Waals surface area contributed by atoms with Crippen LogP contribution >= 0.6 is 11.8 Å². The third kappa shape index (κ3) is 5.60. The summed E-state index contributed by atoms with van der Waals surface area (Å²) in [5, 5.41) is 0. The lowest BCUT2D eigenvalue weighted by Crippen LogP contribution is -1.94. The number of carbonyl (C=O) groups is 1. The van der Waals surface area contributed by atoms with Gasteiger partial charge in [0.15, 0.2) is 17.4 Å². The zero-order valence-corrected chi connectivity index (χ0v) is 14.4. The largest absolute Gasteiger partial charge is 0.289 e. The molecule has 0 unspecified atom stereocenters. The van der Waals surface area contributed by atoms with Gasteiger partial charge in [-0.3, -0.25) is 4.79 Å². The summed E-state index contributed by atoms with van der Waals surface area (Å²) in [5.41, 5.74) is 1.03. The van der Waals surface area contributed by atoms with E-state index in [1.165, 1.54) is 37.5 Å². The van der Waals surface area contributed by atoms with E-state index >= 15 is 0 Å². The number of benzene rings is 2. The fraction of sp³-hybridized carbons (Fsp3) is 0.250. The van der Waals surface area contributed by atoms with Crippen molar-refractivity contribution in [2.75, 3.05) is 5.75 Å². The molecule has 0 amide bonds. The number of hydrogen-bond acceptors (Lipinski definition) is 2. The molecule has 24 heavy (non-hydrogen) atoms. The van der Waals surface area contributed by atoms with E-state index in [4.69, 9.17) is 0 Å². The minimum atomic E-state index is -0.922. The van der Waals surface area contributed by atoms with Gasteiger partial charge in [-0.1, -0.05) is 31.9 Å². The van der Waals surface area contributed by atoms with E-state index in [2.05, 4.69) is 6.92 Å². The molecule has 0 N–H and O–H groups in total. The molecule has 0 aromatic heterocycles. The number of ketones is 1. The second-order valence-corrected chi connectivity index (χ2v) is 6.62. The van der Waals surface area contributed by atoms with Crippen LogP contribution in [0.15, 0.2) is 53.4 Å². The highest BCUT2D eigenvalue weighted by atomic mass is 32.2. The number of allylic oxidation sites excluding steroid dienone is 1. The van der Waals surface area contributed by atoms with Gasteiger partial charge in [-0.15, -0.1) is 11.8 Å². The summed E-state index contributed by atoms with van der Waals surface area (Å²) in [6.07, 6.45) is 6.49. The highest BCUT2D eigenvalue weighted by Gasteiger charge is 2.04. The van der Waals surface area contributed by atoms with Gasteiger partial charge in [0.1, 0.15) is 0 Å². The van der Waals surface area contributed by atoms with Crippen molar-refractivity contribution < 1.29 is 13.6 Å². The van der Waals surface area contributed by atoms with Crippen LogP contribution in [-0.4, -0.2) is 11.5 Å². The molecule has 2 rings (SSSR count). The number of carbonyl (C=O) groups excluding carboxylic acids is 1. The Morgan fingerprint density at radius 1 is 1.04 bits per heavy atom. The van der Waals surface area contributed by atoms with Gasteiger partial charge in [0.05, 0.1) is 0 Å². The van der Waals surface area contributed by atoms with Crippen molar-refractivity contribution in [3.05, 3.63) is 71.3 Å². The summed E-state index contributed by atoms with van der Waals surface area (Å²) < 4.78 is 26.0. The first-order valence-corrected chi connectivity index (χ1v) is 8.99. The molecule has 0 saturated heterocycles. The summed E-state index contributed by atoms with van der Waals surface area (Å²) in [5.74, 6) is -0.904. The van der Waals surface area contributed by atoms with Gasteiger partial charge in [0, 0.05) is 10.5 Å². The van der Waals surface area contributed by atoms with E-state index in [0.717, 1.165) is 22.8 Å². The topological polar surface area (TPSA) is 17.1 Å². The molecule has 0 aliphatic carbocycles. The molecule has 0 aliphatic rings. The van der Waals surface area contributed by atoms with Gasteiger partial charge in [0.2, 0.25) is 0 Å². The molecule has 0 spiro atoms. The van der Waals surface area contributed by atoms with Crippen molar-refractivity contribution >= 4 is 23.6 Å². The van der Waals surface area contributed by atoms with Gasteiger partial charge in [-0.05, 0) is 60.2 Å². The predicted molar refractivity (Wildman–Crippen MR) is 96.4 cm³/mol. The minimum absolute atomic E-state index is 0.165. The highest BCUT2D eigenvalue weighted by molar-refractivity contribution is 7.99. The molecular weight excluding hydrogens is 326 g/mol. The lowest BCUT2D eigenvalue weighted by Gasteiger charge is -2.02. The van der Waals surface area contributed by atoms with E-state index in [1.54, 1.807) is 23.9 Å². The summed E-state index contributed by atoms with van der Waals surface area (Å²) >= 11 is 1.79. The molecule has 0 bridgehead atoms. The molecule has 0 atom stereocenters. The quantitative estimate of drug-likeness (QED) is 0.247. The average Bonchev–Trinajstić information content (AvgIpc) is 2.60. The molecule has 0 radical (unpaired) electrons. The zero-order chi connectivity index (χ0) is 17.4. The third-order valence-electron chi connectivity index (χ3n) is 3.53. The Morgan fingerprint density at radius 2 is 1.79 bits per heavy atom. The average molecular weight is 346 g/mol. The van der Waals surface area contributed by atoms with Crippen molar-refractivity contribution in [1.82, 2.24) is 0 Å². The monoisotopic (exact) mass is 346 g/mol. The Morgan fingerprint density at radius 3 is 2.46 bits per heavy atom. The summed E-state index contributed by atoms with van der Waals surface area (Å²) in [7, 11) is 0. The van der Waals surface area contributed by atoms with Crippen molar-refractivity contribution in [2.45, 2.75) is 31.1 Å². The van der Waals surface area contributed by atoms with Crippen LogP contribution in [0.1, 0.15) is 42.1 Å². The molecule has 2 aromatic rings. The maximum Gasteiger partial charge on any atom is 0.185 e. The summed E-state index contributed by atoms with van der Waals surface area (Å²) in [4.78, 5) is 13.3. The fourth-order valence-corrected chi connectivity index (χ4v) is 3.05. The number of unbranched alkanes of at least 4 members (excludes halogenated alkanes) is 2. The number of rotatable bonds is 8. The van der Waals surface area contributed by atoms with Crippen LogP contribution in [-0.2, 0) is 0 Å². The molecule has 0 aliphatic heterocycles. The molecule has 0 saturated carbocycles. The van der Waals surface area contributed by atoms with Crippen molar-refractivity contribution in [1.29, 1.82) is 0 Å². The number of hydrogen-bond donors (Lipinski definition) is 0. The van der Waals surface area contributed by atoms with Crippen LogP contribution in [0.3, 0.4) is 0 Å². The van der Waals surface area contributed by atoms with E-state index in [1.807, 2.05) is 12.1 Å². The second-order valence-electron chi connectivity index (χ2n) is 5.45. The molecule has 0 heterocycles. The van der Waals surface area contributed by atoms with Crippen molar-refractivity contribution in [2.24, 2.45) is 0 Å². The first-order valence-electron chi connectivity index (χ1n) is 8.00. The smallest absolute Gasteiger partial charge is 0.185 e. The maximum absolute atomic E-state index is 13.1. The zero-order valence-electron chi connectivity index (χ0n) is 13.6. The van der Waals surface area contributed by atoms with Gasteiger partial charge in [-0.2, -0.15) is 0 Å². The maximum atomic E-state index is 13.1. The normalized spacial score (nSPS) is 11.1. The molecule has 126 valence electrons. The van der Waals surface area contributed by atoms with Crippen LogP contribution in [0.5, 0.6) is 0 Å². The summed E-state index contributed by atoms with van der Waals surface area (Å²) in [6.45, 7) is 2.18. The molecular formula is C20H20F2OS. The van der Waals surface area contributed by atoms with Crippen LogP contribution in [0, 0.1) is 11.6 Å². The van der Waals surface area contributed by atoms with E-state index in [9.17, 15) is 13.6 Å². The standard InChI is InChI=1S/C20H20F2OS/c1-2-3-4-13-24-17-9-7-16(8-10-17)20(23)12-6-15-5-11-18(21)19(22)14-15/h5-12,14H,2-4,13H2,1H3. The Labute approximate surface area is 145 Å². The second kappa shape index (κ2) is 9.38. The van der Waals surface area contributed by atoms with Gasteiger partial charge in [0.25, 0.3) is 0 Å².